The Morgan fingerprint density at radius 1 is 1.73 bits per heavy atom. The summed E-state index contributed by atoms with van der Waals surface area (Å²) in [5, 5.41) is 0. The number of nitrogens with two attached hydrogens (primary N) is 1. The molecule has 0 fully saturated rings. The molecule has 1 aliphatic carbocycles. The molecule has 11 heavy (non-hydrogen) atoms. The number of carbonyl (C=O) groups is 1. The standard InChI is InChI=1S/C8H9NOS/c9-8(11)5-6-3-1-2-4-7(6)10/h1-3H,4-5H2,(H2,9,11). The summed E-state index contributed by atoms with van der Waals surface area (Å²) in [5.74, 6) is 0.125. The van der Waals surface area contributed by atoms with Gasteiger partial charge in [-0.3, -0.25) is 4.79 Å². The Hall–Kier alpha value is -0.960. The van der Waals surface area contributed by atoms with Gasteiger partial charge >= 0.3 is 0 Å². The molecule has 3 heteroatoms. The molecule has 0 aliphatic heterocycles. The van der Waals surface area contributed by atoms with Gasteiger partial charge in [-0.1, -0.05) is 30.4 Å². The SMILES string of the molecule is NC(=S)CC1=CC=CCC1=O. The lowest BCUT2D eigenvalue weighted by Gasteiger charge is -2.05. The average molecular weight is 167 g/mol. The molecule has 0 bridgehead atoms. The number of thiocarbonyl (C=S) groups is 1. The van der Waals surface area contributed by atoms with Crippen LogP contribution < -0.4 is 5.73 Å². The second-order valence-corrected chi connectivity index (χ2v) is 2.91. The van der Waals surface area contributed by atoms with Crippen molar-refractivity contribution in [3.8, 4) is 0 Å². The third-order valence-electron chi connectivity index (χ3n) is 1.46. The number of ketones is 1. The molecule has 2 N–H and O–H groups in total. The van der Waals surface area contributed by atoms with Crippen molar-refractivity contribution < 1.29 is 4.79 Å². The van der Waals surface area contributed by atoms with E-state index in [2.05, 4.69) is 12.2 Å². The van der Waals surface area contributed by atoms with E-state index in [1.807, 2.05) is 12.2 Å². The molecule has 0 heterocycles. The summed E-state index contributed by atoms with van der Waals surface area (Å²) in [4.78, 5) is 11.5. The van der Waals surface area contributed by atoms with Crippen LogP contribution in [0.1, 0.15) is 12.8 Å². The summed E-state index contributed by atoms with van der Waals surface area (Å²) < 4.78 is 0. The van der Waals surface area contributed by atoms with Crippen molar-refractivity contribution in [3.63, 3.8) is 0 Å². The van der Waals surface area contributed by atoms with Gasteiger partial charge in [0.15, 0.2) is 5.78 Å². The van der Waals surface area contributed by atoms with E-state index in [-0.39, 0.29) is 5.78 Å². The molecule has 0 amide bonds. The van der Waals surface area contributed by atoms with Crippen LogP contribution in [0.25, 0.3) is 0 Å². The summed E-state index contributed by atoms with van der Waals surface area (Å²) >= 11 is 4.69. The van der Waals surface area contributed by atoms with Gasteiger partial charge in [0, 0.05) is 18.4 Å². The van der Waals surface area contributed by atoms with Crippen molar-refractivity contribution in [2.75, 3.05) is 0 Å². The van der Waals surface area contributed by atoms with Crippen LogP contribution in [-0.2, 0) is 4.79 Å². The maximum absolute atomic E-state index is 11.1. The van der Waals surface area contributed by atoms with Crippen molar-refractivity contribution in [2.24, 2.45) is 5.73 Å². The first-order valence-electron chi connectivity index (χ1n) is 3.37. The van der Waals surface area contributed by atoms with Crippen LogP contribution in [0, 0.1) is 0 Å². The molecule has 0 aromatic rings. The van der Waals surface area contributed by atoms with Crippen molar-refractivity contribution in [3.05, 3.63) is 23.8 Å². The number of rotatable bonds is 2. The molecule has 58 valence electrons. The van der Waals surface area contributed by atoms with E-state index in [1.165, 1.54) is 0 Å². The van der Waals surface area contributed by atoms with E-state index >= 15 is 0 Å². The van der Waals surface area contributed by atoms with Crippen molar-refractivity contribution in [1.82, 2.24) is 0 Å². The summed E-state index contributed by atoms with van der Waals surface area (Å²) in [6.45, 7) is 0. The van der Waals surface area contributed by atoms with Gasteiger partial charge < -0.3 is 5.73 Å². The Bertz CT molecular complexity index is 253. The maximum atomic E-state index is 11.1. The Kier molecular flexibility index (Phi) is 2.54. The second kappa shape index (κ2) is 3.44. The van der Waals surface area contributed by atoms with Crippen LogP contribution in [0.3, 0.4) is 0 Å². The molecule has 2 nitrogen and oxygen atoms in total. The predicted octanol–water partition coefficient (Wildman–Crippen LogP) is 1.12. The minimum Gasteiger partial charge on any atom is -0.393 e. The molecular weight excluding hydrogens is 158 g/mol. The first kappa shape index (κ1) is 8.14. The number of Topliss-reactive ketones (excluding diaryl/α,β-unsaturated/α-hetero) is 1. The number of carbonyl (C=O) groups excluding carboxylic acids is 1. The van der Waals surface area contributed by atoms with Crippen LogP contribution in [0.15, 0.2) is 23.8 Å². The predicted molar refractivity (Wildman–Crippen MR) is 48.2 cm³/mol. The van der Waals surface area contributed by atoms with Gasteiger partial charge in [0.2, 0.25) is 0 Å². The van der Waals surface area contributed by atoms with Gasteiger partial charge in [0.1, 0.15) is 0 Å². The van der Waals surface area contributed by atoms with Gasteiger partial charge in [-0.25, -0.2) is 0 Å². The Morgan fingerprint density at radius 2 is 2.45 bits per heavy atom. The van der Waals surface area contributed by atoms with Crippen molar-refractivity contribution in [2.45, 2.75) is 12.8 Å². The fraction of sp³-hybridized carbons (Fsp3) is 0.250. The Morgan fingerprint density at radius 3 is 3.00 bits per heavy atom. The molecule has 0 radical (unpaired) electrons. The zero-order valence-electron chi connectivity index (χ0n) is 6.04. The molecule has 0 spiro atoms. The number of hydrogen-bond acceptors (Lipinski definition) is 2. The fourth-order valence-corrected chi connectivity index (χ4v) is 1.08. The highest BCUT2D eigenvalue weighted by atomic mass is 32.1. The van der Waals surface area contributed by atoms with E-state index in [4.69, 9.17) is 5.73 Å². The van der Waals surface area contributed by atoms with Crippen molar-refractivity contribution in [1.29, 1.82) is 0 Å². The van der Waals surface area contributed by atoms with Crippen LogP contribution in [0.5, 0.6) is 0 Å². The maximum Gasteiger partial charge on any atom is 0.163 e. The average Bonchev–Trinajstić information content (AvgIpc) is 1.93. The van der Waals surface area contributed by atoms with E-state index in [1.54, 1.807) is 6.08 Å². The second-order valence-electron chi connectivity index (χ2n) is 2.39. The summed E-state index contributed by atoms with van der Waals surface area (Å²) in [7, 11) is 0. The molecule has 1 aliphatic rings. The van der Waals surface area contributed by atoms with Crippen molar-refractivity contribution >= 4 is 23.0 Å². The highest BCUT2D eigenvalue weighted by Gasteiger charge is 2.10. The van der Waals surface area contributed by atoms with E-state index < -0.39 is 0 Å². The van der Waals surface area contributed by atoms with Gasteiger partial charge in [-0.15, -0.1) is 0 Å². The van der Waals surface area contributed by atoms with Crippen LogP contribution in [0.2, 0.25) is 0 Å². The largest absolute Gasteiger partial charge is 0.393 e. The van der Waals surface area contributed by atoms with Gasteiger partial charge in [0.05, 0.1) is 4.99 Å². The van der Waals surface area contributed by atoms with Crippen LogP contribution in [0.4, 0.5) is 0 Å². The lowest BCUT2D eigenvalue weighted by atomic mass is 10.0. The van der Waals surface area contributed by atoms with Crippen LogP contribution in [-0.4, -0.2) is 10.8 Å². The molecule has 0 aromatic heterocycles. The van der Waals surface area contributed by atoms with E-state index in [9.17, 15) is 4.79 Å². The summed E-state index contributed by atoms with van der Waals surface area (Å²) in [6.07, 6.45) is 6.36. The highest BCUT2D eigenvalue weighted by molar-refractivity contribution is 7.80. The van der Waals surface area contributed by atoms with Gasteiger partial charge in [-0.05, 0) is 0 Å². The topological polar surface area (TPSA) is 43.1 Å². The molecule has 0 atom stereocenters. The van der Waals surface area contributed by atoms with Crippen LogP contribution >= 0.6 is 12.2 Å². The molecule has 1 rings (SSSR count). The number of allylic oxidation sites excluding steroid dienone is 3. The molecule has 0 aromatic carbocycles. The Labute approximate surface area is 70.8 Å². The summed E-state index contributed by atoms with van der Waals surface area (Å²) in [6, 6.07) is 0. The molecule has 0 unspecified atom stereocenters. The normalized spacial score (nSPS) is 16.4. The fourth-order valence-electron chi connectivity index (χ4n) is 0.929. The van der Waals surface area contributed by atoms with E-state index in [0.29, 0.717) is 17.8 Å². The monoisotopic (exact) mass is 167 g/mol. The Balaban J connectivity index is 2.68. The van der Waals surface area contributed by atoms with E-state index in [0.717, 1.165) is 5.57 Å². The molecule has 0 saturated carbocycles. The smallest absolute Gasteiger partial charge is 0.163 e. The van der Waals surface area contributed by atoms with Gasteiger partial charge in [-0.2, -0.15) is 0 Å². The third kappa shape index (κ3) is 2.27. The lowest BCUT2D eigenvalue weighted by Crippen LogP contribution is -2.14. The first-order chi connectivity index (χ1) is 5.20. The zero-order chi connectivity index (χ0) is 8.27. The lowest BCUT2D eigenvalue weighted by molar-refractivity contribution is -0.114. The quantitative estimate of drug-likeness (QED) is 0.627. The summed E-state index contributed by atoms with van der Waals surface area (Å²) in [5.41, 5.74) is 6.02. The molecule has 0 saturated heterocycles. The van der Waals surface area contributed by atoms with Gasteiger partial charge in [0.25, 0.3) is 0 Å². The first-order valence-corrected chi connectivity index (χ1v) is 3.78. The molecular formula is C8H9NOS. The third-order valence-corrected chi connectivity index (χ3v) is 1.60. The highest BCUT2D eigenvalue weighted by Crippen LogP contribution is 2.11. The zero-order valence-corrected chi connectivity index (χ0v) is 6.86. The minimum absolute atomic E-state index is 0.125. The minimum atomic E-state index is 0.125. The number of hydrogen-bond donors (Lipinski definition) is 1.